The minimum atomic E-state index is -1.02. The van der Waals surface area contributed by atoms with Crippen molar-refractivity contribution < 1.29 is 19.1 Å². The second kappa shape index (κ2) is 9.05. The van der Waals surface area contributed by atoms with E-state index in [9.17, 15) is 14.4 Å². The van der Waals surface area contributed by atoms with Crippen LogP contribution >= 0.6 is 11.8 Å². The normalized spacial score (nSPS) is 11.5. The molecule has 0 aromatic heterocycles. The van der Waals surface area contributed by atoms with Crippen molar-refractivity contribution in [2.45, 2.75) is 24.8 Å². The first-order valence-corrected chi connectivity index (χ1v) is 8.94. The number of nitrogens with two attached hydrogens (primary N) is 1. The van der Waals surface area contributed by atoms with Crippen LogP contribution in [0.2, 0.25) is 0 Å². The molecule has 0 aliphatic carbocycles. The zero-order valence-corrected chi connectivity index (χ0v) is 15.3. The van der Waals surface area contributed by atoms with Gasteiger partial charge >= 0.3 is 5.97 Å². The number of nitrogens with one attached hydrogen (secondary N) is 1. The van der Waals surface area contributed by atoms with Crippen molar-refractivity contribution in [1.29, 1.82) is 0 Å². The Morgan fingerprint density at radius 1 is 1.12 bits per heavy atom. The predicted molar refractivity (Wildman–Crippen MR) is 101 cm³/mol. The molecule has 2 aromatic carbocycles. The number of rotatable bonds is 7. The van der Waals surface area contributed by atoms with Crippen molar-refractivity contribution in [3.05, 3.63) is 59.7 Å². The maximum absolute atomic E-state index is 12.2. The van der Waals surface area contributed by atoms with Crippen LogP contribution in [0.15, 0.2) is 53.4 Å². The minimum absolute atomic E-state index is 0.129. The third kappa shape index (κ3) is 5.63. The fourth-order valence-electron chi connectivity index (χ4n) is 2.02. The number of anilines is 1. The highest BCUT2D eigenvalue weighted by Gasteiger charge is 2.19. The van der Waals surface area contributed by atoms with E-state index in [4.69, 9.17) is 10.5 Å². The third-order valence-corrected chi connectivity index (χ3v) is 4.56. The number of ether oxygens (including phenoxy) is 1. The van der Waals surface area contributed by atoms with Gasteiger partial charge in [0, 0.05) is 10.6 Å². The van der Waals surface area contributed by atoms with Gasteiger partial charge in [0.15, 0.2) is 6.10 Å². The molecule has 2 amide bonds. The van der Waals surface area contributed by atoms with Gasteiger partial charge in [0.25, 0.3) is 5.91 Å². The SMILES string of the molecule is Cc1ccc(NC(=O)CSc2ccccc2C(=O)O[C@@H](C)C(N)=O)cc1. The summed E-state index contributed by atoms with van der Waals surface area (Å²) in [4.78, 5) is 36.0. The summed E-state index contributed by atoms with van der Waals surface area (Å²) in [6, 6.07) is 14.2. The molecule has 2 rings (SSSR count). The van der Waals surface area contributed by atoms with Crippen molar-refractivity contribution in [2.75, 3.05) is 11.1 Å². The van der Waals surface area contributed by atoms with E-state index in [0.717, 1.165) is 5.56 Å². The molecule has 0 fully saturated rings. The standard InChI is InChI=1S/C19H20N2O4S/c1-12-7-9-14(10-8-12)21-17(22)11-26-16-6-4-3-5-15(16)19(24)25-13(2)18(20)23/h3-10,13H,11H2,1-2H3,(H2,20,23)(H,21,22)/t13-/m0/s1. The van der Waals surface area contributed by atoms with Gasteiger partial charge in [-0.15, -0.1) is 11.8 Å². The molecule has 0 bridgehead atoms. The molecule has 6 nitrogen and oxygen atoms in total. The number of thioether (sulfide) groups is 1. The van der Waals surface area contributed by atoms with E-state index in [1.54, 1.807) is 24.3 Å². The van der Waals surface area contributed by atoms with Crippen LogP contribution in [0.4, 0.5) is 5.69 Å². The fraction of sp³-hybridized carbons (Fsp3) is 0.211. The molecule has 0 aliphatic rings. The van der Waals surface area contributed by atoms with Gasteiger partial charge in [0.1, 0.15) is 0 Å². The average molecular weight is 372 g/mol. The summed E-state index contributed by atoms with van der Waals surface area (Å²) in [6.07, 6.45) is -1.02. The number of esters is 1. The zero-order valence-electron chi connectivity index (χ0n) is 14.5. The summed E-state index contributed by atoms with van der Waals surface area (Å²) in [5.41, 5.74) is 7.21. The molecule has 26 heavy (non-hydrogen) atoms. The highest BCUT2D eigenvalue weighted by atomic mass is 32.2. The molecule has 0 spiro atoms. The lowest BCUT2D eigenvalue weighted by molar-refractivity contribution is -0.125. The highest BCUT2D eigenvalue weighted by molar-refractivity contribution is 8.00. The number of hydrogen-bond acceptors (Lipinski definition) is 5. The summed E-state index contributed by atoms with van der Waals surface area (Å²) >= 11 is 1.21. The van der Waals surface area contributed by atoms with E-state index >= 15 is 0 Å². The number of benzene rings is 2. The first-order valence-electron chi connectivity index (χ1n) is 7.95. The van der Waals surface area contributed by atoms with Crippen molar-refractivity contribution in [2.24, 2.45) is 5.73 Å². The Morgan fingerprint density at radius 2 is 1.77 bits per heavy atom. The van der Waals surface area contributed by atoms with Crippen molar-refractivity contribution in [1.82, 2.24) is 0 Å². The van der Waals surface area contributed by atoms with Crippen LogP contribution in [0.25, 0.3) is 0 Å². The van der Waals surface area contributed by atoms with Crippen LogP contribution in [-0.2, 0) is 14.3 Å². The van der Waals surface area contributed by atoms with Gasteiger partial charge in [-0.2, -0.15) is 0 Å². The Bertz CT molecular complexity index is 805. The van der Waals surface area contributed by atoms with Crippen molar-refractivity contribution >= 4 is 35.2 Å². The molecule has 0 unspecified atom stereocenters. The summed E-state index contributed by atoms with van der Waals surface area (Å²) < 4.78 is 5.02. The Hall–Kier alpha value is -2.80. The maximum Gasteiger partial charge on any atom is 0.340 e. The molecule has 0 saturated heterocycles. The van der Waals surface area contributed by atoms with Crippen molar-refractivity contribution in [3.8, 4) is 0 Å². The summed E-state index contributed by atoms with van der Waals surface area (Å²) in [6.45, 7) is 3.38. The van der Waals surface area contributed by atoms with E-state index in [1.807, 2.05) is 31.2 Å². The van der Waals surface area contributed by atoms with E-state index in [2.05, 4.69) is 5.32 Å². The van der Waals surface area contributed by atoms with Crippen LogP contribution in [0, 0.1) is 6.92 Å². The number of hydrogen-bond donors (Lipinski definition) is 2. The van der Waals surface area contributed by atoms with Crippen LogP contribution in [0.1, 0.15) is 22.8 Å². The second-order valence-corrected chi connectivity index (χ2v) is 6.67. The molecule has 2 aromatic rings. The van der Waals surface area contributed by atoms with Gasteiger partial charge in [-0.25, -0.2) is 4.79 Å². The molecule has 0 radical (unpaired) electrons. The van der Waals surface area contributed by atoms with Crippen LogP contribution in [-0.4, -0.2) is 29.6 Å². The third-order valence-electron chi connectivity index (χ3n) is 3.49. The van der Waals surface area contributed by atoms with Gasteiger partial charge < -0.3 is 15.8 Å². The van der Waals surface area contributed by atoms with E-state index in [-0.39, 0.29) is 17.2 Å². The number of amides is 2. The zero-order chi connectivity index (χ0) is 19.1. The summed E-state index contributed by atoms with van der Waals surface area (Å²) in [5.74, 6) is -1.43. The Morgan fingerprint density at radius 3 is 2.42 bits per heavy atom. The average Bonchev–Trinajstić information content (AvgIpc) is 2.62. The number of carbonyl (C=O) groups excluding carboxylic acids is 3. The fourth-order valence-corrected chi connectivity index (χ4v) is 2.86. The minimum Gasteiger partial charge on any atom is -0.449 e. The molecule has 0 heterocycles. The van der Waals surface area contributed by atoms with Crippen LogP contribution < -0.4 is 11.1 Å². The van der Waals surface area contributed by atoms with Crippen LogP contribution in [0.3, 0.4) is 0 Å². The van der Waals surface area contributed by atoms with Gasteiger partial charge in [-0.3, -0.25) is 9.59 Å². The maximum atomic E-state index is 12.2. The predicted octanol–water partition coefficient (Wildman–Crippen LogP) is 2.76. The molecule has 1 atom stereocenters. The molecule has 136 valence electrons. The number of primary amides is 1. The Balaban J connectivity index is 1.99. The molecule has 7 heteroatoms. The van der Waals surface area contributed by atoms with Gasteiger partial charge in [0.05, 0.1) is 11.3 Å². The first kappa shape index (κ1) is 19.5. The number of aryl methyl sites for hydroxylation is 1. The molecule has 3 N–H and O–H groups in total. The molecule has 0 saturated carbocycles. The smallest absolute Gasteiger partial charge is 0.340 e. The van der Waals surface area contributed by atoms with E-state index in [1.165, 1.54) is 18.7 Å². The lowest BCUT2D eigenvalue weighted by atomic mass is 10.2. The molecule has 0 aliphatic heterocycles. The van der Waals surface area contributed by atoms with Crippen LogP contribution in [0.5, 0.6) is 0 Å². The summed E-state index contributed by atoms with van der Waals surface area (Å²) in [5, 5.41) is 2.80. The Kier molecular flexibility index (Phi) is 6.80. The topological polar surface area (TPSA) is 98.5 Å². The van der Waals surface area contributed by atoms with Crippen molar-refractivity contribution in [3.63, 3.8) is 0 Å². The lowest BCUT2D eigenvalue weighted by Gasteiger charge is -2.12. The van der Waals surface area contributed by atoms with Gasteiger partial charge in [-0.05, 0) is 38.1 Å². The summed E-state index contributed by atoms with van der Waals surface area (Å²) in [7, 11) is 0. The highest BCUT2D eigenvalue weighted by Crippen LogP contribution is 2.24. The van der Waals surface area contributed by atoms with E-state index in [0.29, 0.717) is 10.6 Å². The lowest BCUT2D eigenvalue weighted by Crippen LogP contribution is -2.30. The van der Waals surface area contributed by atoms with Gasteiger partial charge in [0.2, 0.25) is 5.91 Å². The number of carbonyl (C=O) groups is 3. The first-order chi connectivity index (χ1) is 12.4. The molecular formula is C19H20N2O4S. The van der Waals surface area contributed by atoms with Gasteiger partial charge in [-0.1, -0.05) is 29.8 Å². The van der Waals surface area contributed by atoms with E-state index < -0.39 is 18.0 Å². The largest absolute Gasteiger partial charge is 0.449 e. The Labute approximate surface area is 156 Å². The monoisotopic (exact) mass is 372 g/mol. The quantitative estimate of drug-likeness (QED) is 0.575. The second-order valence-electron chi connectivity index (χ2n) is 5.65. The molecular weight excluding hydrogens is 352 g/mol.